The van der Waals surface area contributed by atoms with Crippen molar-refractivity contribution >= 4 is 11.8 Å². The van der Waals surface area contributed by atoms with Crippen LogP contribution in [0.5, 0.6) is 5.75 Å². The molecule has 0 aliphatic rings. The van der Waals surface area contributed by atoms with E-state index < -0.39 is 11.6 Å². The molecule has 0 N–H and O–H groups in total. The molecule has 7 heteroatoms. The molecule has 1 heterocycles. The van der Waals surface area contributed by atoms with Crippen molar-refractivity contribution in [3.63, 3.8) is 0 Å². The number of methoxy groups -OCH3 is 1. The van der Waals surface area contributed by atoms with Crippen LogP contribution in [0.15, 0.2) is 47.6 Å². The number of benzene rings is 2. The highest BCUT2D eigenvalue weighted by Gasteiger charge is 2.17. The molecule has 130 valence electrons. The minimum atomic E-state index is -0.843. The molecular formula is C18H17F2N3OS. The van der Waals surface area contributed by atoms with E-state index >= 15 is 0 Å². The summed E-state index contributed by atoms with van der Waals surface area (Å²) in [6, 6.07) is 11.7. The van der Waals surface area contributed by atoms with Gasteiger partial charge in [-0.3, -0.25) is 0 Å². The quantitative estimate of drug-likeness (QED) is 0.604. The molecule has 0 unspecified atom stereocenters. The normalized spacial score (nSPS) is 10.9. The van der Waals surface area contributed by atoms with Gasteiger partial charge in [0.25, 0.3) is 0 Å². The van der Waals surface area contributed by atoms with Gasteiger partial charge < -0.3 is 9.30 Å². The third-order valence-electron chi connectivity index (χ3n) is 3.77. The van der Waals surface area contributed by atoms with Crippen molar-refractivity contribution in [2.45, 2.75) is 24.4 Å². The van der Waals surface area contributed by atoms with Gasteiger partial charge >= 0.3 is 0 Å². The molecule has 0 spiro atoms. The Balaban J connectivity index is 1.89. The molecule has 2 aromatic carbocycles. The molecule has 4 nitrogen and oxygen atoms in total. The van der Waals surface area contributed by atoms with Gasteiger partial charge in [0.1, 0.15) is 5.75 Å². The first-order valence-corrected chi connectivity index (χ1v) is 8.76. The predicted molar refractivity (Wildman–Crippen MR) is 93.6 cm³/mol. The zero-order valence-corrected chi connectivity index (χ0v) is 14.7. The number of nitrogens with zero attached hydrogens (tertiary/aromatic N) is 3. The number of hydrogen-bond donors (Lipinski definition) is 0. The smallest absolute Gasteiger partial charge is 0.191 e. The molecule has 0 fully saturated rings. The summed E-state index contributed by atoms with van der Waals surface area (Å²) in [6.07, 6.45) is 0. The summed E-state index contributed by atoms with van der Waals surface area (Å²) >= 11 is 1.32. The Kier molecular flexibility index (Phi) is 5.33. The Labute approximate surface area is 148 Å². The van der Waals surface area contributed by atoms with Gasteiger partial charge in [0, 0.05) is 17.9 Å². The molecule has 0 bridgehead atoms. The molecule has 0 radical (unpaired) electrons. The lowest BCUT2D eigenvalue weighted by molar-refractivity contribution is 0.416. The summed E-state index contributed by atoms with van der Waals surface area (Å²) in [4.78, 5) is 0. The van der Waals surface area contributed by atoms with Crippen molar-refractivity contribution in [3.8, 4) is 17.1 Å². The molecule has 1 aromatic heterocycles. The fourth-order valence-electron chi connectivity index (χ4n) is 2.51. The van der Waals surface area contributed by atoms with Crippen LogP contribution in [0.4, 0.5) is 8.78 Å². The van der Waals surface area contributed by atoms with Crippen molar-refractivity contribution in [1.29, 1.82) is 0 Å². The fourth-order valence-corrected chi connectivity index (χ4v) is 3.49. The molecule has 3 aromatic rings. The topological polar surface area (TPSA) is 39.9 Å². The van der Waals surface area contributed by atoms with Gasteiger partial charge in [-0.25, -0.2) is 8.78 Å². The van der Waals surface area contributed by atoms with E-state index in [1.807, 2.05) is 35.8 Å². The molecule has 0 amide bonds. The van der Waals surface area contributed by atoms with Crippen LogP contribution in [0.2, 0.25) is 0 Å². The number of halogens is 2. The van der Waals surface area contributed by atoms with Gasteiger partial charge in [0.15, 0.2) is 22.6 Å². The Morgan fingerprint density at radius 1 is 1.08 bits per heavy atom. The van der Waals surface area contributed by atoms with E-state index in [9.17, 15) is 8.78 Å². The summed E-state index contributed by atoms with van der Waals surface area (Å²) < 4.78 is 34.5. The van der Waals surface area contributed by atoms with Crippen LogP contribution < -0.4 is 4.74 Å². The molecule has 0 atom stereocenters. The van der Waals surface area contributed by atoms with Crippen molar-refractivity contribution in [3.05, 3.63) is 59.7 Å². The first-order valence-electron chi connectivity index (χ1n) is 7.78. The van der Waals surface area contributed by atoms with Crippen LogP contribution >= 0.6 is 11.8 Å². The number of para-hydroxylation sites is 1. The first kappa shape index (κ1) is 17.4. The minimum Gasteiger partial charge on any atom is -0.496 e. The second-order valence-corrected chi connectivity index (χ2v) is 6.19. The maximum atomic E-state index is 13.8. The average molecular weight is 361 g/mol. The summed E-state index contributed by atoms with van der Waals surface area (Å²) in [7, 11) is 1.61. The Bertz CT molecular complexity index is 883. The van der Waals surface area contributed by atoms with E-state index in [4.69, 9.17) is 4.74 Å². The Morgan fingerprint density at radius 3 is 2.64 bits per heavy atom. The van der Waals surface area contributed by atoms with Gasteiger partial charge in [-0.1, -0.05) is 36.0 Å². The summed E-state index contributed by atoms with van der Waals surface area (Å²) in [5, 5.41) is 9.12. The third kappa shape index (κ3) is 3.51. The average Bonchev–Trinajstić information content (AvgIpc) is 3.05. The zero-order chi connectivity index (χ0) is 17.8. The monoisotopic (exact) mass is 361 g/mol. The van der Waals surface area contributed by atoms with Crippen LogP contribution in [0.1, 0.15) is 12.5 Å². The lowest BCUT2D eigenvalue weighted by atomic mass is 10.2. The highest BCUT2D eigenvalue weighted by Crippen LogP contribution is 2.32. The Hall–Kier alpha value is -2.41. The van der Waals surface area contributed by atoms with Gasteiger partial charge in [-0.2, -0.15) is 0 Å². The minimum absolute atomic E-state index is 0.271. The van der Waals surface area contributed by atoms with E-state index in [-0.39, 0.29) is 5.75 Å². The van der Waals surface area contributed by atoms with E-state index in [2.05, 4.69) is 10.2 Å². The maximum absolute atomic E-state index is 13.8. The van der Waals surface area contributed by atoms with Crippen LogP contribution in [0.25, 0.3) is 11.4 Å². The van der Waals surface area contributed by atoms with E-state index in [0.717, 1.165) is 11.6 Å². The van der Waals surface area contributed by atoms with Crippen molar-refractivity contribution in [1.82, 2.24) is 14.8 Å². The SMILES string of the molecule is CCn1c(SCc2cccc(F)c2F)nnc1-c1ccccc1OC. The van der Waals surface area contributed by atoms with Crippen molar-refractivity contribution in [2.24, 2.45) is 0 Å². The highest BCUT2D eigenvalue weighted by molar-refractivity contribution is 7.98. The number of aromatic nitrogens is 3. The van der Waals surface area contributed by atoms with E-state index in [0.29, 0.717) is 28.8 Å². The van der Waals surface area contributed by atoms with Crippen molar-refractivity contribution in [2.75, 3.05) is 7.11 Å². The Morgan fingerprint density at radius 2 is 1.88 bits per heavy atom. The highest BCUT2D eigenvalue weighted by atomic mass is 32.2. The van der Waals surface area contributed by atoms with Gasteiger partial charge in [-0.15, -0.1) is 10.2 Å². The van der Waals surface area contributed by atoms with Crippen LogP contribution in [0, 0.1) is 11.6 Å². The molecule has 25 heavy (non-hydrogen) atoms. The number of thioether (sulfide) groups is 1. The summed E-state index contributed by atoms with van der Waals surface area (Å²) in [5.41, 5.74) is 1.14. The van der Waals surface area contributed by atoms with Gasteiger partial charge in [-0.05, 0) is 25.1 Å². The van der Waals surface area contributed by atoms with Crippen molar-refractivity contribution < 1.29 is 13.5 Å². The van der Waals surface area contributed by atoms with Crippen LogP contribution in [-0.2, 0) is 12.3 Å². The molecule has 0 saturated heterocycles. The molecule has 0 aliphatic heterocycles. The molecule has 0 saturated carbocycles. The second-order valence-electron chi connectivity index (χ2n) is 5.25. The van der Waals surface area contributed by atoms with E-state index in [1.54, 1.807) is 13.2 Å². The summed E-state index contributed by atoms with van der Waals surface area (Å²) in [6.45, 7) is 2.63. The zero-order valence-electron chi connectivity index (χ0n) is 13.9. The largest absolute Gasteiger partial charge is 0.496 e. The molecular weight excluding hydrogens is 344 g/mol. The molecule has 0 aliphatic carbocycles. The number of rotatable bonds is 6. The standard InChI is InChI=1S/C18H17F2N3OS/c1-3-23-17(13-8-4-5-10-15(13)24-2)21-22-18(23)25-11-12-7-6-9-14(19)16(12)20/h4-10H,3,11H2,1-2H3. The van der Waals surface area contributed by atoms with E-state index in [1.165, 1.54) is 17.8 Å². The number of ether oxygens (including phenoxy) is 1. The van der Waals surface area contributed by atoms with Gasteiger partial charge in [0.2, 0.25) is 0 Å². The molecule has 3 rings (SSSR count). The first-order chi connectivity index (χ1) is 12.2. The summed E-state index contributed by atoms with van der Waals surface area (Å²) in [5.74, 6) is -0.0000259. The lowest BCUT2D eigenvalue weighted by Gasteiger charge is -2.10. The third-order valence-corrected chi connectivity index (χ3v) is 4.78. The van der Waals surface area contributed by atoms with Crippen LogP contribution in [-0.4, -0.2) is 21.9 Å². The predicted octanol–water partition coefficient (Wildman–Crippen LogP) is 4.54. The second kappa shape index (κ2) is 7.65. The number of hydrogen-bond acceptors (Lipinski definition) is 4. The van der Waals surface area contributed by atoms with Gasteiger partial charge in [0.05, 0.1) is 12.7 Å². The van der Waals surface area contributed by atoms with Crippen LogP contribution in [0.3, 0.4) is 0 Å². The maximum Gasteiger partial charge on any atom is 0.191 e. The lowest BCUT2D eigenvalue weighted by Crippen LogP contribution is -2.01. The fraction of sp³-hybridized carbons (Fsp3) is 0.222.